The third-order valence-corrected chi connectivity index (χ3v) is 4.73. The van der Waals surface area contributed by atoms with Crippen LogP contribution in [0.15, 0.2) is 84.9 Å². The van der Waals surface area contributed by atoms with Crippen molar-refractivity contribution < 1.29 is 19.8 Å². The number of rotatable bonds is 6. The Balaban J connectivity index is 1.82. The van der Waals surface area contributed by atoms with Crippen molar-refractivity contribution in [2.24, 2.45) is 0 Å². The lowest BCUT2D eigenvalue weighted by Gasteiger charge is -2.16. The highest BCUT2D eigenvalue weighted by atomic mass is 16.4. The van der Waals surface area contributed by atoms with Gasteiger partial charge in [-0.1, -0.05) is 54.6 Å². The first-order valence-corrected chi connectivity index (χ1v) is 9.24. The van der Waals surface area contributed by atoms with Crippen LogP contribution in [0.25, 0.3) is 10.8 Å². The van der Waals surface area contributed by atoms with E-state index in [1.807, 2.05) is 48.5 Å². The van der Waals surface area contributed by atoms with E-state index in [9.17, 15) is 19.8 Å². The van der Waals surface area contributed by atoms with Gasteiger partial charge in [0.2, 0.25) is 0 Å². The molecular formula is C24H18N2O4. The maximum Gasteiger partial charge on any atom is 0.337 e. The summed E-state index contributed by atoms with van der Waals surface area (Å²) >= 11 is 0. The van der Waals surface area contributed by atoms with Gasteiger partial charge in [0, 0.05) is 16.8 Å². The minimum Gasteiger partial charge on any atom is -0.478 e. The molecule has 0 saturated heterocycles. The van der Waals surface area contributed by atoms with Crippen molar-refractivity contribution in [1.29, 1.82) is 0 Å². The Morgan fingerprint density at radius 2 is 1.17 bits per heavy atom. The summed E-state index contributed by atoms with van der Waals surface area (Å²) in [5.41, 5.74) is 1.68. The van der Waals surface area contributed by atoms with E-state index in [0.717, 1.165) is 10.8 Å². The molecule has 0 spiro atoms. The number of benzene rings is 4. The molecule has 4 aromatic rings. The Labute approximate surface area is 172 Å². The summed E-state index contributed by atoms with van der Waals surface area (Å²) in [6, 6.07) is 25.0. The number of anilines is 4. The van der Waals surface area contributed by atoms with E-state index < -0.39 is 11.9 Å². The monoisotopic (exact) mass is 398 g/mol. The van der Waals surface area contributed by atoms with Crippen molar-refractivity contribution in [2.45, 2.75) is 0 Å². The highest BCUT2D eigenvalue weighted by molar-refractivity contribution is 6.04. The van der Waals surface area contributed by atoms with Gasteiger partial charge in [-0.3, -0.25) is 0 Å². The molecule has 0 saturated carbocycles. The fraction of sp³-hybridized carbons (Fsp3) is 0. The summed E-state index contributed by atoms with van der Waals surface area (Å²) in [5, 5.41) is 27.5. The lowest BCUT2D eigenvalue weighted by atomic mass is 10.0. The molecule has 0 bridgehead atoms. The number of nitrogens with one attached hydrogen (secondary N) is 2. The molecule has 30 heavy (non-hydrogen) atoms. The van der Waals surface area contributed by atoms with Crippen molar-refractivity contribution >= 4 is 45.5 Å². The van der Waals surface area contributed by atoms with Gasteiger partial charge < -0.3 is 20.8 Å². The van der Waals surface area contributed by atoms with E-state index >= 15 is 0 Å². The molecule has 0 aliphatic heterocycles. The highest BCUT2D eigenvalue weighted by Crippen LogP contribution is 2.32. The Hall–Kier alpha value is -4.32. The van der Waals surface area contributed by atoms with E-state index in [1.165, 1.54) is 12.1 Å². The second kappa shape index (κ2) is 7.97. The van der Waals surface area contributed by atoms with Gasteiger partial charge in [-0.25, -0.2) is 9.59 Å². The number of carboxylic acids is 2. The number of aromatic carboxylic acids is 2. The molecule has 4 N–H and O–H groups in total. The minimum absolute atomic E-state index is 0.0356. The maximum absolute atomic E-state index is 11.9. The number of fused-ring (bicyclic) bond motifs is 1. The van der Waals surface area contributed by atoms with Crippen molar-refractivity contribution in [3.8, 4) is 0 Å². The van der Waals surface area contributed by atoms with Crippen molar-refractivity contribution in [3.05, 3.63) is 96.1 Å². The Bertz CT molecular complexity index is 1250. The number of hydrogen-bond acceptors (Lipinski definition) is 4. The molecule has 148 valence electrons. The second-order valence-electron chi connectivity index (χ2n) is 6.70. The second-order valence-corrected chi connectivity index (χ2v) is 6.70. The molecule has 0 aromatic heterocycles. The summed E-state index contributed by atoms with van der Waals surface area (Å²) in [6.45, 7) is 0. The van der Waals surface area contributed by atoms with Crippen LogP contribution < -0.4 is 10.6 Å². The van der Waals surface area contributed by atoms with E-state index in [1.54, 1.807) is 24.3 Å². The number of carbonyl (C=O) groups is 2. The average molecular weight is 398 g/mol. The van der Waals surface area contributed by atoms with E-state index in [0.29, 0.717) is 11.4 Å². The first-order valence-electron chi connectivity index (χ1n) is 9.24. The fourth-order valence-corrected chi connectivity index (χ4v) is 3.32. The molecule has 4 aromatic carbocycles. The molecule has 0 amide bonds. The van der Waals surface area contributed by atoms with Crippen LogP contribution in [0.5, 0.6) is 0 Å². The standard InChI is InChI=1S/C24H18N2O4/c27-23(28)18-14-22(26-20-12-6-8-15-7-4-5-11-17(15)20)19(24(29)30)13-21(18)25-16-9-2-1-3-10-16/h1-14,25-26H,(H,27,28)(H,29,30). The first-order chi connectivity index (χ1) is 14.5. The van der Waals surface area contributed by atoms with Gasteiger partial charge in [0.05, 0.1) is 22.5 Å². The molecule has 0 heterocycles. The molecule has 6 nitrogen and oxygen atoms in total. The lowest BCUT2D eigenvalue weighted by Crippen LogP contribution is -2.09. The van der Waals surface area contributed by atoms with E-state index in [2.05, 4.69) is 10.6 Å². The average Bonchev–Trinajstić information content (AvgIpc) is 2.75. The molecule has 4 rings (SSSR count). The number of carboxylic acid groups (broad SMARTS) is 2. The van der Waals surface area contributed by atoms with Crippen LogP contribution in [0.3, 0.4) is 0 Å². The molecule has 0 aliphatic rings. The predicted octanol–water partition coefficient (Wildman–Crippen LogP) is 5.72. The van der Waals surface area contributed by atoms with Crippen LogP contribution in [-0.4, -0.2) is 22.2 Å². The largest absolute Gasteiger partial charge is 0.478 e. The van der Waals surface area contributed by atoms with Gasteiger partial charge in [0.25, 0.3) is 0 Å². The lowest BCUT2D eigenvalue weighted by molar-refractivity contribution is 0.0683. The van der Waals surface area contributed by atoms with Crippen LogP contribution >= 0.6 is 0 Å². The summed E-state index contributed by atoms with van der Waals surface area (Å²) in [6.07, 6.45) is 0. The van der Waals surface area contributed by atoms with Crippen LogP contribution in [0.1, 0.15) is 20.7 Å². The van der Waals surface area contributed by atoms with Crippen molar-refractivity contribution in [3.63, 3.8) is 0 Å². The third-order valence-electron chi connectivity index (χ3n) is 4.73. The Morgan fingerprint density at radius 3 is 1.83 bits per heavy atom. The molecule has 0 atom stereocenters. The van der Waals surface area contributed by atoms with Gasteiger partial charge in [0.1, 0.15) is 0 Å². The smallest absolute Gasteiger partial charge is 0.337 e. The summed E-state index contributed by atoms with van der Waals surface area (Å²) < 4.78 is 0. The summed E-state index contributed by atoms with van der Waals surface area (Å²) in [4.78, 5) is 23.8. The van der Waals surface area contributed by atoms with Crippen molar-refractivity contribution in [1.82, 2.24) is 0 Å². The van der Waals surface area contributed by atoms with Gasteiger partial charge in [-0.15, -0.1) is 0 Å². The third kappa shape index (κ3) is 3.79. The van der Waals surface area contributed by atoms with E-state index in [-0.39, 0.29) is 22.5 Å². The zero-order chi connectivity index (χ0) is 21.1. The predicted molar refractivity (Wildman–Crippen MR) is 117 cm³/mol. The first kappa shape index (κ1) is 19.0. The maximum atomic E-state index is 11.9. The molecule has 0 unspecified atom stereocenters. The SMILES string of the molecule is O=C(O)c1cc(Nc2cccc3ccccc23)c(C(=O)O)cc1Nc1ccccc1. The van der Waals surface area contributed by atoms with Gasteiger partial charge in [0.15, 0.2) is 0 Å². The van der Waals surface area contributed by atoms with Crippen molar-refractivity contribution in [2.75, 3.05) is 10.6 Å². The summed E-state index contributed by atoms with van der Waals surface area (Å²) in [7, 11) is 0. The van der Waals surface area contributed by atoms with Gasteiger partial charge >= 0.3 is 11.9 Å². The molecule has 0 fully saturated rings. The van der Waals surface area contributed by atoms with Crippen LogP contribution in [0, 0.1) is 0 Å². The Kier molecular flexibility index (Phi) is 5.05. The number of para-hydroxylation sites is 1. The van der Waals surface area contributed by atoms with E-state index in [4.69, 9.17) is 0 Å². The molecule has 0 radical (unpaired) electrons. The fourth-order valence-electron chi connectivity index (χ4n) is 3.32. The quantitative estimate of drug-likeness (QED) is 0.331. The van der Waals surface area contributed by atoms with Gasteiger partial charge in [-0.05, 0) is 35.7 Å². The highest BCUT2D eigenvalue weighted by Gasteiger charge is 2.19. The normalized spacial score (nSPS) is 10.5. The molecule has 6 heteroatoms. The summed E-state index contributed by atoms with van der Waals surface area (Å²) in [5.74, 6) is -2.32. The van der Waals surface area contributed by atoms with Crippen LogP contribution in [-0.2, 0) is 0 Å². The van der Waals surface area contributed by atoms with Crippen LogP contribution in [0.4, 0.5) is 22.7 Å². The van der Waals surface area contributed by atoms with Gasteiger partial charge in [-0.2, -0.15) is 0 Å². The minimum atomic E-state index is -1.16. The zero-order valence-corrected chi connectivity index (χ0v) is 15.8. The Morgan fingerprint density at radius 1 is 0.600 bits per heavy atom. The molecular weight excluding hydrogens is 380 g/mol. The number of hydrogen-bond donors (Lipinski definition) is 4. The zero-order valence-electron chi connectivity index (χ0n) is 15.8. The topological polar surface area (TPSA) is 98.7 Å². The van der Waals surface area contributed by atoms with Crippen LogP contribution in [0.2, 0.25) is 0 Å². The molecule has 0 aliphatic carbocycles.